The number of ketones is 1. The fourth-order valence-corrected chi connectivity index (χ4v) is 4.33. The summed E-state index contributed by atoms with van der Waals surface area (Å²) < 4.78 is 5.13. The summed E-state index contributed by atoms with van der Waals surface area (Å²) in [6.07, 6.45) is 2.14. The molecule has 4 nitrogen and oxygen atoms in total. The fourth-order valence-electron chi connectivity index (χ4n) is 3.48. The number of Topliss-reactive ketones (excluding diaryl/α,β-unsaturated/α-hetero) is 1. The summed E-state index contributed by atoms with van der Waals surface area (Å²) in [5.41, 5.74) is 3.64. The molecule has 0 atom stereocenters. The number of benzene rings is 3. The minimum Gasteiger partial charge on any atom is -0.457 e. The van der Waals surface area contributed by atoms with Crippen LogP contribution in [0, 0.1) is 11.3 Å². The second-order valence-electron chi connectivity index (χ2n) is 6.62. The molecule has 0 fully saturated rings. The Labute approximate surface area is 167 Å². The lowest BCUT2D eigenvalue weighted by molar-refractivity contribution is -0.139. The highest BCUT2D eigenvalue weighted by Gasteiger charge is 2.17. The van der Waals surface area contributed by atoms with Gasteiger partial charge in [0.15, 0.2) is 12.4 Å². The maximum absolute atomic E-state index is 12.1. The summed E-state index contributed by atoms with van der Waals surface area (Å²) in [5.74, 6) is -0.553. The predicted octanol–water partition coefficient (Wildman–Crippen LogP) is 4.33. The Bertz CT molecular complexity index is 1100. The van der Waals surface area contributed by atoms with Crippen LogP contribution in [-0.2, 0) is 22.4 Å². The van der Waals surface area contributed by atoms with E-state index in [0.29, 0.717) is 11.1 Å². The van der Waals surface area contributed by atoms with Crippen LogP contribution in [0.25, 0.3) is 10.8 Å². The number of rotatable bonds is 6. The quantitative estimate of drug-likeness (QED) is 0.358. The summed E-state index contributed by atoms with van der Waals surface area (Å²) >= 11 is 1.43. The van der Waals surface area contributed by atoms with E-state index >= 15 is 0 Å². The Morgan fingerprint density at radius 3 is 2.50 bits per heavy atom. The number of ether oxygens (including phenoxy) is 1. The topological polar surface area (TPSA) is 67.2 Å². The van der Waals surface area contributed by atoms with Gasteiger partial charge < -0.3 is 4.74 Å². The molecule has 0 radical (unpaired) electrons. The van der Waals surface area contributed by atoms with Crippen LogP contribution >= 0.6 is 11.8 Å². The van der Waals surface area contributed by atoms with E-state index in [1.165, 1.54) is 33.7 Å². The molecule has 0 saturated carbocycles. The van der Waals surface area contributed by atoms with Crippen LogP contribution < -0.4 is 0 Å². The number of hydrogen-bond donors (Lipinski definition) is 0. The van der Waals surface area contributed by atoms with Crippen molar-refractivity contribution in [3.05, 3.63) is 76.9 Å². The van der Waals surface area contributed by atoms with E-state index in [2.05, 4.69) is 30.3 Å². The van der Waals surface area contributed by atoms with Gasteiger partial charge in [-0.05, 0) is 65.1 Å². The molecule has 0 heterocycles. The molecule has 1 aliphatic carbocycles. The minimum absolute atomic E-state index is 0.152. The highest BCUT2D eigenvalue weighted by molar-refractivity contribution is 8.00. The van der Waals surface area contributed by atoms with E-state index in [-0.39, 0.29) is 18.1 Å². The van der Waals surface area contributed by atoms with Crippen LogP contribution in [0.3, 0.4) is 0 Å². The van der Waals surface area contributed by atoms with Gasteiger partial charge in [0.05, 0.1) is 17.4 Å². The molecule has 138 valence electrons. The lowest BCUT2D eigenvalue weighted by atomic mass is 10.1. The van der Waals surface area contributed by atoms with Crippen molar-refractivity contribution in [3.63, 3.8) is 0 Å². The average molecular weight is 387 g/mol. The number of aryl methyl sites for hydroxylation is 2. The fraction of sp³-hybridized carbons (Fsp3) is 0.174. The zero-order chi connectivity index (χ0) is 19.5. The molecule has 0 saturated heterocycles. The zero-order valence-electron chi connectivity index (χ0n) is 15.1. The first-order valence-corrected chi connectivity index (χ1v) is 9.99. The molecule has 5 heteroatoms. The Kier molecular flexibility index (Phi) is 5.14. The molecule has 28 heavy (non-hydrogen) atoms. The SMILES string of the molecule is N#Cc1ccc(C(=O)COC(=O)CSc2ccc3c4c(cccc24)CC3)cc1. The second-order valence-corrected chi connectivity index (χ2v) is 7.64. The molecule has 0 spiro atoms. The van der Waals surface area contributed by atoms with E-state index in [9.17, 15) is 9.59 Å². The Morgan fingerprint density at radius 2 is 1.75 bits per heavy atom. The molecule has 3 aromatic rings. The van der Waals surface area contributed by atoms with Crippen LogP contribution in [0.5, 0.6) is 0 Å². The first-order chi connectivity index (χ1) is 13.7. The van der Waals surface area contributed by atoms with E-state index in [4.69, 9.17) is 10.00 Å². The molecule has 0 aliphatic heterocycles. The summed E-state index contributed by atoms with van der Waals surface area (Å²) in [6, 6.07) is 18.8. The number of nitriles is 1. The van der Waals surface area contributed by atoms with E-state index in [1.807, 2.05) is 6.07 Å². The van der Waals surface area contributed by atoms with Crippen molar-refractivity contribution in [1.82, 2.24) is 0 Å². The summed E-state index contributed by atoms with van der Waals surface area (Å²) in [5, 5.41) is 11.3. The van der Waals surface area contributed by atoms with Crippen LogP contribution in [0.15, 0.2) is 59.5 Å². The largest absolute Gasteiger partial charge is 0.457 e. The summed E-state index contributed by atoms with van der Waals surface area (Å²) in [7, 11) is 0. The third-order valence-corrected chi connectivity index (χ3v) is 5.93. The van der Waals surface area contributed by atoms with E-state index < -0.39 is 5.97 Å². The standard InChI is InChI=1S/C23H17NO3S/c24-12-15-4-6-16(7-5-15)20(25)13-27-22(26)14-28-21-11-10-18-9-8-17-2-1-3-19(21)23(17)18/h1-7,10-11H,8-9,13-14H2. The van der Waals surface area contributed by atoms with Crippen molar-refractivity contribution >= 4 is 34.3 Å². The van der Waals surface area contributed by atoms with Crippen molar-refractivity contribution in [2.45, 2.75) is 17.7 Å². The minimum atomic E-state index is -0.421. The van der Waals surface area contributed by atoms with Crippen molar-refractivity contribution in [1.29, 1.82) is 5.26 Å². The summed E-state index contributed by atoms with van der Waals surface area (Å²) in [6.45, 7) is -0.297. The van der Waals surface area contributed by atoms with Crippen molar-refractivity contribution in [2.24, 2.45) is 0 Å². The highest BCUT2D eigenvalue weighted by Crippen LogP contribution is 2.36. The third-order valence-electron chi connectivity index (χ3n) is 4.88. The van der Waals surface area contributed by atoms with E-state index in [1.54, 1.807) is 24.3 Å². The van der Waals surface area contributed by atoms with Gasteiger partial charge in [-0.1, -0.05) is 24.3 Å². The second kappa shape index (κ2) is 7.87. The first-order valence-electron chi connectivity index (χ1n) is 9.01. The van der Waals surface area contributed by atoms with Gasteiger partial charge in [0.2, 0.25) is 0 Å². The number of nitrogens with zero attached hydrogens (tertiary/aromatic N) is 1. The molecule has 0 N–H and O–H groups in total. The van der Waals surface area contributed by atoms with Gasteiger partial charge in [-0.2, -0.15) is 5.26 Å². The maximum atomic E-state index is 12.1. The Morgan fingerprint density at radius 1 is 1.00 bits per heavy atom. The molecule has 3 aromatic carbocycles. The van der Waals surface area contributed by atoms with Gasteiger partial charge in [-0.15, -0.1) is 11.8 Å². The summed E-state index contributed by atoms with van der Waals surface area (Å²) in [4.78, 5) is 25.3. The van der Waals surface area contributed by atoms with Gasteiger partial charge >= 0.3 is 5.97 Å². The number of esters is 1. The Hall–Kier alpha value is -3.10. The normalized spacial score (nSPS) is 12.0. The van der Waals surface area contributed by atoms with Crippen molar-refractivity contribution < 1.29 is 14.3 Å². The maximum Gasteiger partial charge on any atom is 0.316 e. The van der Waals surface area contributed by atoms with Gasteiger partial charge in [0.1, 0.15) is 0 Å². The molecular formula is C23H17NO3S. The highest BCUT2D eigenvalue weighted by atomic mass is 32.2. The lowest BCUT2D eigenvalue weighted by Gasteiger charge is -2.09. The van der Waals surface area contributed by atoms with Gasteiger partial charge in [0.25, 0.3) is 0 Å². The molecular weight excluding hydrogens is 370 g/mol. The zero-order valence-corrected chi connectivity index (χ0v) is 15.9. The molecule has 0 bridgehead atoms. The van der Waals surface area contributed by atoms with Crippen molar-refractivity contribution in [3.8, 4) is 6.07 Å². The van der Waals surface area contributed by atoms with Crippen molar-refractivity contribution in [2.75, 3.05) is 12.4 Å². The molecule has 0 unspecified atom stereocenters. The third kappa shape index (κ3) is 3.64. The average Bonchev–Trinajstić information content (AvgIpc) is 3.16. The number of hydrogen-bond acceptors (Lipinski definition) is 5. The smallest absolute Gasteiger partial charge is 0.316 e. The molecule has 0 amide bonds. The lowest BCUT2D eigenvalue weighted by Crippen LogP contribution is -2.15. The van der Waals surface area contributed by atoms with Crippen LogP contribution in [0.4, 0.5) is 0 Å². The number of carbonyl (C=O) groups excluding carboxylic acids is 2. The Balaban J connectivity index is 1.36. The van der Waals surface area contributed by atoms with Gasteiger partial charge in [0, 0.05) is 10.5 Å². The van der Waals surface area contributed by atoms with Crippen LogP contribution in [0.1, 0.15) is 27.0 Å². The van der Waals surface area contributed by atoms with Crippen LogP contribution in [-0.4, -0.2) is 24.1 Å². The first kappa shape index (κ1) is 18.3. The molecule has 0 aromatic heterocycles. The van der Waals surface area contributed by atoms with Crippen LogP contribution in [0.2, 0.25) is 0 Å². The van der Waals surface area contributed by atoms with Gasteiger partial charge in [-0.3, -0.25) is 9.59 Å². The monoisotopic (exact) mass is 387 g/mol. The van der Waals surface area contributed by atoms with E-state index in [0.717, 1.165) is 17.7 Å². The molecule has 4 rings (SSSR count). The molecule has 1 aliphatic rings. The number of thioether (sulfide) groups is 1. The predicted molar refractivity (Wildman–Crippen MR) is 109 cm³/mol. The number of carbonyl (C=O) groups is 2. The van der Waals surface area contributed by atoms with Gasteiger partial charge in [-0.25, -0.2) is 0 Å².